The zero-order valence-corrected chi connectivity index (χ0v) is 21.4. The first-order valence-electron chi connectivity index (χ1n) is 11.2. The lowest BCUT2D eigenvalue weighted by atomic mass is 10.1. The Bertz CT molecular complexity index is 1330. The maximum atomic E-state index is 13.3. The third kappa shape index (κ3) is 5.87. The highest BCUT2D eigenvalue weighted by atomic mass is 35.5. The molecule has 0 saturated carbocycles. The number of halogens is 2. The van der Waals surface area contributed by atoms with E-state index in [2.05, 4.69) is 23.3 Å². The molecule has 1 saturated heterocycles. The van der Waals surface area contributed by atoms with Crippen molar-refractivity contribution in [2.75, 3.05) is 26.3 Å². The number of carbonyl (C=O) groups is 1. The summed E-state index contributed by atoms with van der Waals surface area (Å²) in [6.45, 7) is 4.35. The average molecular weight is 528 g/mol. The Hall–Kier alpha value is -2.85. The minimum atomic E-state index is -0.276. The smallest absolute Gasteiger partial charge is 0.286 e. The van der Waals surface area contributed by atoms with Crippen molar-refractivity contribution in [3.8, 4) is 34.2 Å². The highest BCUT2D eigenvalue weighted by Crippen LogP contribution is 2.36. The standard InChI is InChI=1S/C25H23Cl2N5O2S/c1-2-19-23(25(33)30-31-12-14-34-15-13-31)29-32(21-9-7-17(26)16-20(21)27)24(19)22-10-8-18(35-22)6-4-3-5-11-28/h7-10,16H,2-3,5,12-15H2,1H3,(H,30,33). The van der Waals surface area contributed by atoms with E-state index < -0.39 is 0 Å². The Labute approximate surface area is 218 Å². The van der Waals surface area contributed by atoms with Crippen LogP contribution in [-0.2, 0) is 11.2 Å². The van der Waals surface area contributed by atoms with E-state index in [0.717, 1.165) is 21.0 Å². The summed E-state index contributed by atoms with van der Waals surface area (Å²) in [5.41, 5.74) is 5.53. The minimum Gasteiger partial charge on any atom is -0.379 e. The second-order valence-electron chi connectivity index (χ2n) is 7.70. The Morgan fingerprint density at radius 3 is 2.74 bits per heavy atom. The molecule has 1 aliphatic heterocycles. The van der Waals surface area contributed by atoms with E-state index in [-0.39, 0.29) is 5.91 Å². The van der Waals surface area contributed by atoms with Gasteiger partial charge in [-0.2, -0.15) is 10.4 Å². The third-order valence-electron chi connectivity index (χ3n) is 5.37. The number of morpholine rings is 1. The predicted octanol–water partition coefficient (Wildman–Crippen LogP) is 5.10. The first kappa shape index (κ1) is 25.2. The van der Waals surface area contributed by atoms with Gasteiger partial charge in [-0.05, 0) is 36.8 Å². The first-order valence-corrected chi connectivity index (χ1v) is 12.8. The number of ether oxygens (including phenoxy) is 1. The number of amides is 1. The van der Waals surface area contributed by atoms with E-state index in [1.54, 1.807) is 22.9 Å². The summed E-state index contributed by atoms with van der Waals surface area (Å²) in [5.74, 6) is 5.87. The lowest BCUT2D eigenvalue weighted by Gasteiger charge is -2.26. The van der Waals surface area contributed by atoms with Crippen LogP contribution in [0.1, 0.15) is 40.7 Å². The molecule has 1 aromatic carbocycles. The topological polar surface area (TPSA) is 83.2 Å². The van der Waals surface area contributed by atoms with E-state index in [1.165, 1.54) is 11.3 Å². The molecule has 0 atom stereocenters. The summed E-state index contributed by atoms with van der Waals surface area (Å²) in [4.78, 5) is 15.1. The number of hydrazine groups is 1. The molecule has 0 aliphatic carbocycles. The molecule has 1 aliphatic rings. The van der Waals surface area contributed by atoms with Gasteiger partial charge in [-0.15, -0.1) is 11.3 Å². The fourth-order valence-electron chi connectivity index (χ4n) is 3.72. The van der Waals surface area contributed by atoms with Gasteiger partial charge in [0.1, 0.15) is 0 Å². The average Bonchev–Trinajstić information content (AvgIpc) is 3.47. The number of thiophene rings is 1. The van der Waals surface area contributed by atoms with Crippen LogP contribution >= 0.6 is 34.5 Å². The molecule has 3 aromatic rings. The van der Waals surface area contributed by atoms with Crippen LogP contribution in [-0.4, -0.2) is 47.0 Å². The second-order valence-corrected chi connectivity index (χ2v) is 9.63. The van der Waals surface area contributed by atoms with Crippen LogP contribution in [0.15, 0.2) is 30.3 Å². The van der Waals surface area contributed by atoms with E-state index in [4.69, 9.17) is 38.3 Å². The summed E-state index contributed by atoms with van der Waals surface area (Å²) in [6.07, 6.45) is 1.51. The van der Waals surface area contributed by atoms with Crippen LogP contribution < -0.4 is 5.43 Å². The van der Waals surface area contributed by atoms with E-state index in [0.29, 0.717) is 67.0 Å². The van der Waals surface area contributed by atoms with Crippen molar-refractivity contribution >= 4 is 40.4 Å². The Morgan fingerprint density at radius 2 is 2.03 bits per heavy atom. The van der Waals surface area contributed by atoms with Crippen molar-refractivity contribution in [3.05, 3.63) is 56.5 Å². The van der Waals surface area contributed by atoms with Gasteiger partial charge in [-0.3, -0.25) is 10.2 Å². The molecular weight excluding hydrogens is 505 g/mol. The molecule has 3 heterocycles. The molecule has 0 radical (unpaired) electrons. The summed E-state index contributed by atoms with van der Waals surface area (Å²) in [7, 11) is 0. The Kier molecular flexibility index (Phi) is 8.46. The number of benzene rings is 1. The molecule has 7 nitrogen and oxygen atoms in total. The predicted molar refractivity (Wildman–Crippen MR) is 138 cm³/mol. The van der Waals surface area contributed by atoms with Gasteiger partial charge < -0.3 is 4.74 Å². The third-order valence-corrected chi connectivity index (χ3v) is 6.92. The SMILES string of the molecule is CCc1c(C(=O)NN2CCOCC2)nn(-c2ccc(Cl)cc2Cl)c1-c1ccc(C#CCCC#N)s1. The largest absolute Gasteiger partial charge is 0.379 e. The maximum absolute atomic E-state index is 13.3. The molecular formula is C25H23Cl2N5O2S. The van der Waals surface area contributed by atoms with Crippen LogP contribution in [0.2, 0.25) is 10.0 Å². The Balaban J connectivity index is 1.78. The normalized spacial score (nSPS) is 13.7. The number of nitrogens with one attached hydrogen (secondary N) is 1. The van der Waals surface area contributed by atoms with Gasteiger partial charge in [-0.1, -0.05) is 42.0 Å². The first-order chi connectivity index (χ1) is 17.0. The number of hydrogen-bond donors (Lipinski definition) is 1. The van der Waals surface area contributed by atoms with Crippen LogP contribution in [0.4, 0.5) is 0 Å². The lowest BCUT2D eigenvalue weighted by molar-refractivity contribution is 0.0124. The molecule has 1 fully saturated rings. The van der Waals surface area contributed by atoms with Gasteiger partial charge in [0, 0.05) is 36.5 Å². The van der Waals surface area contributed by atoms with Crippen molar-refractivity contribution in [1.29, 1.82) is 5.26 Å². The fraction of sp³-hybridized carbons (Fsp3) is 0.320. The van der Waals surface area contributed by atoms with E-state index in [1.807, 2.05) is 24.1 Å². The van der Waals surface area contributed by atoms with E-state index >= 15 is 0 Å². The zero-order valence-electron chi connectivity index (χ0n) is 19.1. The van der Waals surface area contributed by atoms with Gasteiger partial charge in [0.2, 0.25) is 0 Å². The number of rotatable bonds is 6. The summed E-state index contributed by atoms with van der Waals surface area (Å²) < 4.78 is 7.09. The molecule has 0 unspecified atom stereocenters. The number of nitrogens with zero attached hydrogens (tertiary/aromatic N) is 4. The monoisotopic (exact) mass is 527 g/mol. The second kappa shape index (κ2) is 11.7. The van der Waals surface area contributed by atoms with Crippen molar-refractivity contribution < 1.29 is 9.53 Å². The van der Waals surface area contributed by atoms with Crippen molar-refractivity contribution in [3.63, 3.8) is 0 Å². The summed E-state index contributed by atoms with van der Waals surface area (Å²) in [6, 6.07) is 11.2. The molecule has 35 heavy (non-hydrogen) atoms. The van der Waals surface area contributed by atoms with Gasteiger partial charge in [0.25, 0.3) is 5.91 Å². The quantitative estimate of drug-likeness (QED) is 0.356. The number of carbonyl (C=O) groups excluding carboxylic acids is 1. The van der Waals surface area contributed by atoms with Crippen LogP contribution in [0, 0.1) is 23.2 Å². The summed E-state index contributed by atoms with van der Waals surface area (Å²) in [5, 5.41) is 16.2. The van der Waals surface area contributed by atoms with Crippen LogP contribution in [0.25, 0.3) is 16.3 Å². The molecule has 180 valence electrons. The van der Waals surface area contributed by atoms with Crippen molar-refractivity contribution in [2.24, 2.45) is 0 Å². The minimum absolute atomic E-state index is 0.276. The molecule has 1 N–H and O–H groups in total. The molecule has 0 spiro atoms. The molecule has 2 aromatic heterocycles. The fourth-order valence-corrected chi connectivity index (χ4v) is 5.15. The number of unbranched alkanes of at least 4 members (excludes halogenated alkanes) is 1. The summed E-state index contributed by atoms with van der Waals surface area (Å²) >= 11 is 14.2. The lowest BCUT2D eigenvalue weighted by Crippen LogP contribution is -2.48. The highest BCUT2D eigenvalue weighted by molar-refractivity contribution is 7.16. The molecule has 0 bridgehead atoms. The molecule has 10 heteroatoms. The Morgan fingerprint density at radius 1 is 1.23 bits per heavy atom. The number of aromatic nitrogens is 2. The molecule has 4 rings (SSSR count). The van der Waals surface area contributed by atoms with Gasteiger partial charge in [0.15, 0.2) is 5.69 Å². The van der Waals surface area contributed by atoms with Crippen LogP contribution in [0.3, 0.4) is 0 Å². The van der Waals surface area contributed by atoms with Crippen molar-refractivity contribution in [2.45, 2.75) is 26.2 Å². The molecule has 1 amide bonds. The van der Waals surface area contributed by atoms with E-state index in [9.17, 15) is 4.79 Å². The number of hydrogen-bond acceptors (Lipinski definition) is 6. The maximum Gasteiger partial charge on any atom is 0.286 e. The number of nitriles is 1. The van der Waals surface area contributed by atoms with Gasteiger partial charge in [0.05, 0.1) is 45.4 Å². The van der Waals surface area contributed by atoms with Crippen LogP contribution in [0.5, 0.6) is 0 Å². The van der Waals surface area contributed by atoms with Gasteiger partial charge in [-0.25, -0.2) is 9.69 Å². The zero-order chi connectivity index (χ0) is 24.8. The van der Waals surface area contributed by atoms with Crippen molar-refractivity contribution in [1.82, 2.24) is 20.2 Å². The van der Waals surface area contributed by atoms with Gasteiger partial charge >= 0.3 is 0 Å². The highest BCUT2D eigenvalue weighted by Gasteiger charge is 2.27.